The summed E-state index contributed by atoms with van der Waals surface area (Å²) in [7, 11) is 0. The Bertz CT molecular complexity index is 883. The summed E-state index contributed by atoms with van der Waals surface area (Å²) in [5.41, 5.74) is -2.34. The summed E-state index contributed by atoms with van der Waals surface area (Å²) in [6.45, 7) is -1.36. The van der Waals surface area contributed by atoms with E-state index in [0.29, 0.717) is 4.57 Å². The number of amides is 1. The number of carbonyl (C=O) groups is 1. The van der Waals surface area contributed by atoms with Gasteiger partial charge in [-0.25, -0.2) is 4.79 Å². The van der Waals surface area contributed by atoms with Crippen LogP contribution in [-0.2, 0) is 9.53 Å². The average Bonchev–Trinajstić information content (AvgIpc) is 2.87. The SMILES string of the molecule is O=C(NCC#Cc1cn([C@@H]2O[C@H](CO)[C@@H](O)[C@H]2O)c(=O)[nH]c1=O)C(F)(F)F. The summed E-state index contributed by atoms with van der Waals surface area (Å²) in [6, 6.07) is 0. The predicted molar refractivity (Wildman–Crippen MR) is 80.3 cm³/mol. The molecule has 13 heteroatoms. The molecule has 4 atom stereocenters. The predicted octanol–water partition coefficient (Wildman–Crippen LogP) is -2.82. The number of aliphatic hydroxyl groups is 3. The number of aromatic amines is 1. The summed E-state index contributed by atoms with van der Waals surface area (Å²) in [5.74, 6) is 2.08. The molecule has 10 nitrogen and oxygen atoms in total. The molecule has 5 N–H and O–H groups in total. The molecule has 0 aliphatic carbocycles. The van der Waals surface area contributed by atoms with Crippen LogP contribution in [0.2, 0.25) is 0 Å². The van der Waals surface area contributed by atoms with E-state index in [1.807, 2.05) is 4.98 Å². The fraction of sp³-hybridized carbons (Fsp3) is 0.500. The molecule has 148 valence electrons. The Morgan fingerprint density at radius 1 is 1.33 bits per heavy atom. The fourth-order valence-corrected chi connectivity index (χ4v) is 2.24. The molecule has 0 radical (unpaired) electrons. The van der Waals surface area contributed by atoms with Crippen molar-refractivity contribution in [1.29, 1.82) is 0 Å². The zero-order valence-electron chi connectivity index (χ0n) is 13.4. The molecule has 1 saturated heterocycles. The van der Waals surface area contributed by atoms with Crippen LogP contribution in [-0.4, -0.2) is 68.4 Å². The molecule has 0 bridgehead atoms. The zero-order chi connectivity index (χ0) is 20.4. The lowest BCUT2D eigenvalue weighted by Crippen LogP contribution is -2.38. The maximum atomic E-state index is 12.0. The van der Waals surface area contributed by atoms with Crippen molar-refractivity contribution < 1.29 is 38.0 Å². The van der Waals surface area contributed by atoms with Crippen molar-refractivity contribution >= 4 is 5.91 Å². The third kappa shape index (κ3) is 4.55. The Labute approximate surface area is 148 Å². The van der Waals surface area contributed by atoms with Crippen LogP contribution in [0.3, 0.4) is 0 Å². The minimum absolute atomic E-state index is 0.367. The van der Waals surface area contributed by atoms with Crippen molar-refractivity contribution in [1.82, 2.24) is 14.9 Å². The molecular weight excluding hydrogens is 379 g/mol. The molecule has 1 aromatic heterocycles. The monoisotopic (exact) mass is 393 g/mol. The van der Waals surface area contributed by atoms with Crippen molar-refractivity contribution in [2.45, 2.75) is 30.7 Å². The van der Waals surface area contributed by atoms with Crippen LogP contribution in [0.15, 0.2) is 15.8 Å². The topological polar surface area (TPSA) is 154 Å². The maximum absolute atomic E-state index is 12.0. The van der Waals surface area contributed by atoms with E-state index in [2.05, 4.69) is 11.8 Å². The van der Waals surface area contributed by atoms with E-state index in [-0.39, 0.29) is 5.56 Å². The Morgan fingerprint density at radius 2 is 2.00 bits per heavy atom. The number of alkyl halides is 3. The third-order valence-electron chi connectivity index (χ3n) is 3.58. The Hall–Kier alpha value is -2.66. The number of halogens is 3. The molecular formula is C14H14F3N3O7. The van der Waals surface area contributed by atoms with Crippen molar-refractivity contribution in [3.05, 3.63) is 32.6 Å². The number of rotatable bonds is 3. The normalized spacial score (nSPS) is 25.0. The molecule has 1 aromatic rings. The highest BCUT2D eigenvalue weighted by Crippen LogP contribution is 2.27. The van der Waals surface area contributed by atoms with Gasteiger partial charge in [-0.2, -0.15) is 13.2 Å². The summed E-state index contributed by atoms with van der Waals surface area (Å²) in [6.07, 6.45) is -9.90. The van der Waals surface area contributed by atoms with Gasteiger partial charge in [-0.3, -0.25) is 19.1 Å². The highest BCUT2D eigenvalue weighted by molar-refractivity contribution is 5.81. The van der Waals surface area contributed by atoms with Gasteiger partial charge in [-0.15, -0.1) is 0 Å². The molecule has 1 aliphatic heterocycles. The van der Waals surface area contributed by atoms with E-state index in [1.165, 1.54) is 5.32 Å². The first-order valence-corrected chi connectivity index (χ1v) is 7.38. The van der Waals surface area contributed by atoms with Gasteiger partial charge in [0.25, 0.3) is 5.56 Å². The van der Waals surface area contributed by atoms with E-state index in [1.54, 1.807) is 0 Å². The maximum Gasteiger partial charge on any atom is 0.471 e. The number of aromatic nitrogens is 2. The molecule has 2 rings (SSSR count). The second-order valence-corrected chi connectivity index (χ2v) is 5.42. The summed E-state index contributed by atoms with van der Waals surface area (Å²) in [5, 5.41) is 30.2. The quantitative estimate of drug-likeness (QED) is 0.347. The zero-order valence-corrected chi connectivity index (χ0v) is 13.4. The van der Waals surface area contributed by atoms with Gasteiger partial charge >= 0.3 is 17.8 Å². The summed E-state index contributed by atoms with van der Waals surface area (Å²) in [4.78, 5) is 36.1. The van der Waals surface area contributed by atoms with Gasteiger partial charge in [0.15, 0.2) is 6.23 Å². The van der Waals surface area contributed by atoms with Crippen molar-refractivity contribution in [3.63, 3.8) is 0 Å². The van der Waals surface area contributed by atoms with Crippen LogP contribution >= 0.6 is 0 Å². The third-order valence-corrected chi connectivity index (χ3v) is 3.58. The smallest absolute Gasteiger partial charge is 0.394 e. The van der Waals surface area contributed by atoms with Crippen LogP contribution in [0.5, 0.6) is 0 Å². The average molecular weight is 393 g/mol. The van der Waals surface area contributed by atoms with Gasteiger partial charge in [0.2, 0.25) is 0 Å². The second kappa shape index (κ2) is 7.92. The Morgan fingerprint density at radius 3 is 2.56 bits per heavy atom. The largest absolute Gasteiger partial charge is 0.471 e. The van der Waals surface area contributed by atoms with Gasteiger partial charge in [0.1, 0.15) is 23.9 Å². The number of nitrogens with one attached hydrogen (secondary N) is 2. The van der Waals surface area contributed by atoms with Crippen LogP contribution in [0.4, 0.5) is 13.2 Å². The lowest BCUT2D eigenvalue weighted by molar-refractivity contribution is -0.173. The van der Waals surface area contributed by atoms with Crippen LogP contribution < -0.4 is 16.6 Å². The van der Waals surface area contributed by atoms with Gasteiger partial charge in [0, 0.05) is 6.20 Å². The van der Waals surface area contributed by atoms with E-state index in [0.717, 1.165) is 6.20 Å². The number of aliphatic hydroxyl groups excluding tert-OH is 3. The van der Waals surface area contributed by atoms with E-state index in [4.69, 9.17) is 9.84 Å². The molecule has 0 spiro atoms. The molecule has 1 amide bonds. The minimum Gasteiger partial charge on any atom is -0.394 e. The first-order chi connectivity index (χ1) is 12.6. The molecule has 1 fully saturated rings. The van der Waals surface area contributed by atoms with Gasteiger partial charge in [-0.1, -0.05) is 11.8 Å². The number of carbonyl (C=O) groups excluding carboxylic acids is 1. The van der Waals surface area contributed by atoms with E-state index < -0.39 is 61.0 Å². The number of H-pyrrole nitrogens is 1. The Balaban J connectivity index is 2.23. The lowest BCUT2D eigenvalue weighted by atomic mass is 10.1. The number of hydrogen-bond acceptors (Lipinski definition) is 7. The molecule has 1 aliphatic rings. The summed E-state index contributed by atoms with van der Waals surface area (Å²) >= 11 is 0. The van der Waals surface area contributed by atoms with Gasteiger partial charge in [-0.05, 0) is 0 Å². The van der Waals surface area contributed by atoms with Crippen molar-refractivity contribution in [2.75, 3.05) is 13.2 Å². The van der Waals surface area contributed by atoms with Crippen LogP contribution in [0, 0.1) is 11.8 Å². The van der Waals surface area contributed by atoms with Gasteiger partial charge < -0.3 is 25.4 Å². The summed E-state index contributed by atoms with van der Waals surface area (Å²) < 4.78 is 42.0. The van der Waals surface area contributed by atoms with Crippen LogP contribution in [0.25, 0.3) is 0 Å². The number of hydrogen-bond donors (Lipinski definition) is 5. The standard InChI is InChI=1S/C14H14F3N3O7/c15-14(16,17)12(25)18-3-1-2-6-4-20(13(26)19-10(6)24)11-9(23)8(22)7(5-21)27-11/h4,7-9,11,21-23H,3,5H2,(H,18,25)(H,19,24,26)/t7-,8-,9-,11-/m1/s1. The lowest BCUT2D eigenvalue weighted by Gasteiger charge is -2.17. The molecule has 0 unspecified atom stereocenters. The van der Waals surface area contributed by atoms with E-state index >= 15 is 0 Å². The number of ether oxygens (including phenoxy) is 1. The highest BCUT2D eigenvalue weighted by atomic mass is 19.4. The van der Waals surface area contributed by atoms with Crippen molar-refractivity contribution in [3.8, 4) is 11.8 Å². The van der Waals surface area contributed by atoms with Crippen LogP contribution in [0.1, 0.15) is 11.8 Å². The number of nitrogens with zero attached hydrogens (tertiary/aromatic N) is 1. The minimum atomic E-state index is -5.08. The van der Waals surface area contributed by atoms with Crippen molar-refractivity contribution in [2.24, 2.45) is 0 Å². The van der Waals surface area contributed by atoms with Gasteiger partial charge in [0.05, 0.1) is 13.2 Å². The second-order valence-electron chi connectivity index (χ2n) is 5.42. The molecule has 0 saturated carbocycles. The first-order valence-electron chi connectivity index (χ1n) is 7.38. The molecule has 2 heterocycles. The Kier molecular flexibility index (Phi) is 6.06. The first kappa shape index (κ1) is 20.6. The fourth-order valence-electron chi connectivity index (χ4n) is 2.24. The molecule has 0 aromatic carbocycles. The highest BCUT2D eigenvalue weighted by Gasteiger charge is 2.43. The van der Waals surface area contributed by atoms with E-state index in [9.17, 15) is 37.8 Å². The molecule has 27 heavy (non-hydrogen) atoms.